The number of ether oxygens (including phenoxy) is 1. The topological polar surface area (TPSA) is 21.3 Å². The number of hydrogen-bond donors (Lipinski definition) is 1. The van der Waals surface area contributed by atoms with Gasteiger partial charge in [0.15, 0.2) is 0 Å². The zero-order valence-electron chi connectivity index (χ0n) is 8.59. The van der Waals surface area contributed by atoms with Crippen LogP contribution < -0.4 is 5.32 Å². The Labute approximate surface area is 81.4 Å². The normalized spacial score (nSPS) is 18.5. The van der Waals surface area contributed by atoms with Crippen molar-refractivity contribution < 1.29 is 4.74 Å². The summed E-state index contributed by atoms with van der Waals surface area (Å²) in [6.45, 7) is 7.66. The zero-order valence-corrected chi connectivity index (χ0v) is 8.59. The smallest absolute Gasteiger partial charge is 0.0671 e. The van der Waals surface area contributed by atoms with Crippen molar-refractivity contribution in [2.75, 3.05) is 13.2 Å². The van der Waals surface area contributed by atoms with Gasteiger partial charge in [0.1, 0.15) is 0 Å². The van der Waals surface area contributed by atoms with Gasteiger partial charge in [-0.1, -0.05) is 6.08 Å². The predicted molar refractivity (Wildman–Crippen MR) is 55.9 cm³/mol. The molecule has 1 aliphatic rings. The van der Waals surface area contributed by atoms with Crippen LogP contribution in [0.1, 0.15) is 32.6 Å². The lowest BCUT2D eigenvalue weighted by Crippen LogP contribution is -2.28. The molecule has 0 radical (unpaired) electrons. The first-order valence-electron chi connectivity index (χ1n) is 5.29. The second-order valence-electron chi connectivity index (χ2n) is 3.79. The molecule has 0 aromatic carbocycles. The van der Waals surface area contributed by atoms with Crippen molar-refractivity contribution in [2.45, 2.75) is 44.8 Å². The Hall–Kier alpha value is -0.340. The van der Waals surface area contributed by atoms with Crippen LogP contribution in [0.15, 0.2) is 12.7 Å². The quantitative estimate of drug-likeness (QED) is 0.459. The van der Waals surface area contributed by atoms with Crippen molar-refractivity contribution in [2.24, 2.45) is 0 Å². The molecular weight excluding hydrogens is 162 g/mol. The maximum absolute atomic E-state index is 5.61. The second kappa shape index (κ2) is 6.17. The van der Waals surface area contributed by atoms with E-state index in [2.05, 4.69) is 18.8 Å². The third-order valence-electron chi connectivity index (χ3n) is 2.23. The van der Waals surface area contributed by atoms with E-state index in [0.717, 1.165) is 32.0 Å². The molecule has 76 valence electrons. The molecule has 0 amide bonds. The molecule has 0 aromatic heterocycles. The van der Waals surface area contributed by atoms with Gasteiger partial charge in [-0.25, -0.2) is 0 Å². The molecule has 1 aliphatic carbocycles. The number of rotatable bonds is 8. The Morgan fingerprint density at radius 3 is 3.00 bits per heavy atom. The average Bonchev–Trinajstić information content (AvgIpc) is 2.92. The van der Waals surface area contributed by atoms with Gasteiger partial charge in [0.25, 0.3) is 0 Å². The van der Waals surface area contributed by atoms with E-state index in [1.165, 1.54) is 12.8 Å². The maximum atomic E-state index is 5.61. The van der Waals surface area contributed by atoms with E-state index < -0.39 is 0 Å². The zero-order chi connectivity index (χ0) is 9.52. The van der Waals surface area contributed by atoms with Crippen molar-refractivity contribution >= 4 is 0 Å². The Morgan fingerprint density at radius 2 is 2.38 bits per heavy atom. The summed E-state index contributed by atoms with van der Waals surface area (Å²) >= 11 is 0. The summed E-state index contributed by atoms with van der Waals surface area (Å²) in [4.78, 5) is 0. The molecule has 0 aromatic rings. The summed E-state index contributed by atoms with van der Waals surface area (Å²) in [5, 5.41) is 3.45. The molecule has 0 heterocycles. The molecule has 1 N–H and O–H groups in total. The first kappa shape index (κ1) is 10.7. The predicted octanol–water partition coefficient (Wildman–Crippen LogP) is 2.11. The summed E-state index contributed by atoms with van der Waals surface area (Å²) in [6.07, 6.45) is 7.15. The highest BCUT2D eigenvalue weighted by Gasteiger charge is 2.20. The largest absolute Gasteiger partial charge is 0.377 e. The lowest BCUT2D eigenvalue weighted by atomic mass is 10.3. The van der Waals surface area contributed by atoms with Crippen LogP contribution in [-0.2, 0) is 4.74 Å². The molecule has 0 saturated heterocycles. The van der Waals surface area contributed by atoms with Crippen molar-refractivity contribution in [3.63, 3.8) is 0 Å². The molecule has 1 rings (SSSR count). The molecule has 0 spiro atoms. The number of unbranched alkanes of at least 4 members (excludes halogenated alkanes) is 1. The van der Waals surface area contributed by atoms with Gasteiger partial charge in [0.05, 0.1) is 6.10 Å². The molecule has 2 heteroatoms. The highest BCUT2D eigenvalue weighted by atomic mass is 16.5. The summed E-state index contributed by atoms with van der Waals surface area (Å²) < 4.78 is 5.61. The average molecular weight is 183 g/mol. The number of allylic oxidation sites excluding steroid dienone is 1. The molecule has 2 nitrogen and oxygen atoms in total. The minimum absolute atomic E-state index is 0.352. The first-order chi connectivity index (χ1) is 6.33. The molecule has 0 bridgehead atoms. The Kier molecular flexibility index (Phi) is 5.09. The van der Waals surface area contributed by atoms with Crippen molar-refractivity contribution in [3.8, 4) is 0 Å². The summed E-state index contributed by atoms with van der Waals surface area (Å²) in [7, 11) is 0. The highest BCUT2D eigenvalue weighted by Crippen LogP contribution is 2.18. The fraction of sp³-hybridized carbons (Fsp3) is 0.818. The Bertz CT molecular complexity index is 143. The van der Waals surface area contributed by atoms with E-state index in [0.29, 0.717) is 6.10 Å². The number of hydrogen-bond acceptors (Lipinski definition) is 2. The van der Waals surface area contributed by atoms with Crippen LogP contribution in [0.25, 0.3) is 0 Å². The number of nitrogens with one attached hydrogen (secondary N) is 1. The van der Waals surface area contributed by atoms with Crippen LogP contribution in [-0.4, -0.2) is 25.3 Å². The van der Waals surface area contributed by atoms with Crippen LogP contribution in [0, 0.1) is 0 Å². The third kappa shape index (κ3) is 5.83. The summed E-state index contributed by atoms with van der Waals surface area (Å²) in [6, 6.07) is 0.791. The van der Waals surface area contributed by atoms with Crippen molar-refractivity contribution in [1.29, 1.82) is 0 Å². The van der Waals surface area contributed by atoms with Gasteiger partial charge in [-0.15, -0.1) is 6.58 Å². The van der Waals surface area contributed by atoms with Crippen LogP contribution in [0.4, 0.5) is 0 Å². The van der Waals surface area contributed by atoms with Crippen molar-refractivity contribution in [1.82, 2.24) is 5.32 Å². The van der Waals surface area contributed by atoms with E-state index >= 15 is 0 Å². The molecule has 0 aliphatic heterocycles. The van der Waals surface area contributed by atoms with Crippen LogP contribution in [0.3, 0.4) is 0 Å². The van der Waals surface area contributed by atoms with E-state index in [1.807, 2.05) is 6.08 Å². The molecule has 1 saturated carbocycles. The first-order valence-corrected chi connectivity index (χ1v) is 5.29. The highest BCUT2D eigenvalue weighted by molar-refractivity contribution is 4.81. The van der Waals surface area contributed by atoms with Gasteiger partial charge in [-0.05, 0) is 32.6 Å². The molecule has 1 unspecified atom stereocenters. The van der Waals surface area contributed by atoms with E-state index in [9.17, 15) is 0 Å². The van der Waals surface area contributed by atoms with Gasteiger partial charge in [-0.3, -0.25) is 0 Å². The minimum atomic E-state index is 0.352. The molecule has 13 heavy (non-hydrogen) atoms. The maximum Gasteiger partial charge on any atom is 0.0671 e. The monoisotopic (exact) mass is 183 g/mol. The van der Waals surface area contributed by atoms with Crippen molar-refractivity contribution in [3.05, 3.63) is 12.7 Å². The lowest BCUT2D eigenvalue weighted by molar-refractivity contribution is 0.0644. The Morgan fingerprint density at radius 1 is 1.62 bits per heavy atom. The van der Waals surface area contributed by atoms with E-state index in [1.54, 1.807) is 0 Å². The van der Waals surface area contributed by atoms with E-state index in [-0.39, 0.29) is 0 Å². The van der Waals surface area contributed by atoms with Gasteiger partial charge in [0.2, 0.25) is 0 Å². The summed E-state index contributed by atoms with van der Waals surface area (Å²) in [5.74, 6) is 0. The fourth-order valence-corrected chi connectivity index (χ4v) is 1.19. The van der Waals surface area contributed by atoms with Gasteiger partial charge < -0.3 is 10.1 Å². The minimum Gasteiger partial charge on any atom is -0.377 e. The van der Waals surface area contributed by atoms with E-state index in [4.69, 9.17) is 4.74 Å². The van der Waals surface area contributed by atoms with Crippen LogP contribution in [0.2, 0.25) is 0 Å². The van der Waals surface area contributed by atoms with Gasteiger partial charge >= 0.3 is 0 Å². The second-order valence-corrected chi connectivity index (χ2v) is 3.79. The summed E-state index contributed by atoms with van der Waals surface area (Å²) in [5.41, 5.74) is 0. The van der Waals surface area contributed by atoms with Crippen LogP contribution >= 0.6 is 0 Å². The SMILES string of the molecule is C=CCCCOC(C)CNC1CC1. The molecule has 1 atom stereocenters. The van der Waals surface area contributed by atoms with Gasteiger partial charge in [-0.2, -0.15) is 0 Å². The fourth-order valence-electron chi connectivity index (χ4n) is 1.19. The molecule has 1 fully saturated rings. The van der Waals surface area contributed by atoms with Crippen LogP contribution in [0.5, 0.6) is 0 Å². The van der Waals surface area contributed by atoms with Gasteiger partial charge in [0, 0.05) is 19.2 Å². The lowest BCUT2D eigenvalue weighted by Gasteiger charge is -2.13. The third-order valence-corrected chi connectivity index (χ3v) is 2.23. The Balaban J connectivity index is 1.84. The standard InChI is InChI=1S/C11H21NO/c1-3-4-5-8-13-10(2)9-12-11-6-7-11/h3,10-12H,1,4-9H2,2H3. The molecular formula is C11H21NO.